The SMILES string of the molecule is COC(=O)C1CCCCN1C(C)C(=O)Nc1ccccc1. The minimum atomic E-state index is -0.366. The van der Waals surface area contributed by atoms with Gasteiger partial charge >= 0.3 is 5.97 Å². The number of hydrogen-bond donors (Lipinski definition) is 1. The zero-order valence-corrected chi connectivity index (χ0v) is 12.5. The summed E-state index contributed by atoms with van der Waals surface area (Å²) in [6, 6.07) is 8.65. The van der Waals surface area contributed by atoms with Gasteiger partial charge in [0.2, 0.25) is 5.91 Å². The lowest BCUT2D eigenvalue weighted by molar-refractivity contribution is -0.150. The fourth-order valence-corrected chi connectivity index (χ4v) is 2.73. The first-order valence-electron chi connectivity index (χ1n) is 7.33. The maximum atomic E-state index is 12.4. The molecule has 1 amide bonds. The Labute approximate surface area is 125 Å². The maximum Gasteiger partial charge on any atom is 0.323 e. The molecular weight excluding hydrogens is 268 g/mol. The molecule has 2 unspecified atom stereocenters. The largest absolute Gasteiger partial charge is 0.468 e. The van der Waals surface area contributed by atoms with E-state index in [2.05, 4.69) is 5.32 Å². The molecule has 1 aliphatic rings. The van der Waals surface area contributed by atoms with Gasteiger partial charge < -0.3 is 10.1 Å². The normalized spacial score (nSPS) is 20.6. The molecule has 21 heavy (non-hydrogen) atoms. The van der Waals surface area contributed by atoms with E-state index in [4.69, 9.17) is 4.74 Å². The average molecular weight is 290 g/mol. The number of piperidine rings is 1. The smallest absolute Gasteiger partial charge is 0.323 e. The van der Waals surface area contributed by atoms with Crippen LogP contribution in [0.15, 0.2) is 30.3 Å². The van der Waals surface area contributed by atoms with Gasteiger partial charge in [-0.25, -0.2) is 0 Å². The Balaban J connectivity index is 2.04. The third-order valence-electron chi connectivity index (χ3n) is 3.94. The Hall–Kier alpha value is -1.88. The summed E-state index contributed by atoms with van der Waals surface area (Å²) in [5.41, 5.74) is 0.765. The van der Waals surface area contributed by atoms with Crippen LogP contribution in [-0.2, 0) is 14.3 Å². The summed E-state index contributed by atoms with van der Waals surface area (Å²) in [5.74, 6) is -0.355. The van der Waals surface area contributed by atoms with Crippen LogP contribution in [0.5, 0.6) is 0 Å². The van der Waals surface area contributed by atoms with E-state index in [-0.39, 0.29) is 24.0 Å². The predicted molar refractivity (Wildman–Crippen MR) is 80.9 cm³/mol. The van der Waals surface area contributed by atoms with E-state index < -0.39 is 0 Å². The fraction of sp³-hybridized carbons (Fsp3) is 0.500. The molecule has 1 aromatic rings. The molecule has 1 saturated heterocycles. The van der Waals surface area contributed by atoms with Gasteiger partial charge in [0.05, 0.1) is 13.2 Å². The van der Waals surface area contributed by atoms with E-state index in [0.717, 1.165) is 31.5 Å². The minimum absolute atomic E-state index is 0.1000. The Bertz CT molecular complexity index is 490. The number of esters is 1. The first kappa shape index (κ1) is 15.5. The van der Waals surface area contributed by atoms with Gasteiger partial charge in [0.1, 0.15) is 6.04 Å². The lowest BCUT2D eigenvalue weighted by Crippen LogP contribution is -2.53. The van der Waals surface area contributed by atoms with E-state index in [0.29, 0.717) is 0 Å². The highest BCUT2D eigenvalue weighted by molar-refractivity contribution is 5.95. The van der Waals surface area contributed by atoms with Crippen molar-refractivity contribution in [2.75, 3.05) is 19.0 Å². The second-order valence-electron chi connectivity index (χ2n) is 5.30. The molecule has 0 aliphatic carbocycles. The Morgan fingerprint density at radius 2 is 2.00 bits per heavy atom. The lowest BCUT2D eigenvalue weighted by atomic mass is 10.00. The van der Waals surface area contributed by atoms with Crippen molar-refractivity contribution in [2.45, 2.75) is 38.3 Å². The summed E-state index contributed by atoms with van der Waals surface area (Å²) < 4.78 is 4.86. The first-order valence-corrected chi connectivity index (χ1v) is 7.33. The zero-order valence-electron chi connectivity index (χ0n) is 12.5. The van der Waals surface area contributed by atoms with E-state index in [1.54, 1.807) is 0 Å². The summed E-state index contributed by atoms with van der Waals surface area (Å²) >= 11 is 0. The summed E-state index contributed by atoms with van der Waals surface area (Å²) in [6.07, 6.45) is 2.73. The van der Waals surface area contributed by atoms with Gasteiger partial charge in [-0.3, -0.25) is 14.5 Å². The van der Waals surface area contributed by atoms with Crippen molar-refractivity contribution in [3.63, 3.8) is 0 Å². The first-order chi connectivity index (χ1) is 10.1. The number of carbonyl (C=O) groups excluding carboxylic acids is 2. The molecule has 0 spiro atoms. The summed E-state index contributed by atoms with van der Waals surface area (Å²) in [5, 5.41) is 2.88. The van der Waals surface area contributed by atoms with Gasteiger partial charge in [0.15, 0.2) is 0 Å². The predicted octanol–water partition coefficient (Wildman–Crippen LogP) is 2.04. The molecule has 0 aromatic heterocycles. The second kappa shape index (κ2) is 7.22. The van der Waals surface area contributed by atoms with Gasteiger partial charge in [-0.15, -0.1) is 0 Å². The molecule has 1 aromatic carbocycles. The van der Waals surface area contributed by atoms with Crippen LogP contribution in [-0.4, -0.2) is 42.5 Å². The highest BCUT2D eigenvalue weighted by Crippen LogP contribution is 2.21. The maximum absolute atomic E-state index is 12.4. The number of carbonyl (C=O) groups is 2. The molecular formula is C16H22N2O3. The van der Waals surface area contributed by atoms with E-state index in [1.807, 2.05) is 42.2 Å². The number of nitrogens with one attached hydrogen (secondary N) is 1. The zero-order chi connectivity index (χ0) is 15.2. The van der Waals surface area contributed by atoms with Gasteiger partial charge in [0.25, 0.3) is 0 Å². The summed E-state index contributed by atoms with van der Waals surface area (Å²) in [4.78, 5) is 26.2. The number of amides is 1. The standard InChI is InChI=1S/C16H22N2O3/c1-12(15(19)17-13-8-4-3-5-9-13)18-11-7-6-10-14(18)16(20)21-2/h3-5,8-9,12,14H,6-7,10-11H2,1-2H3,(H,17,19). The van der Waals surface area contributed by atoms with Crippen molar-refractivity contribution in [3.05, 3.63) is 30.3 Å². The van der Waals surface area contributed by atoms with Crippen LogP contribution >= 0.6 is 0 Å². The molecule has 1 heterocycles. The molecule has 5 heteroatoms. The van der Waals surface area contributed by atoms with Crippen molar-refractivity contribution in [1.82, 2.24) is 4.90 Å². The number of methoxy groups -OCH3 is 1. The number of hydrogen-bond acceptors (Lipinski definition) is 4. The highest BCUT2D eigenvalue weighted by Gasteiger charge is 2.35. The van der Waals surface area contributed by atoms with Gasteiger partial charge in [-0.1, -0.05) is 24.6 Å². The summed E-state index contributed by atoms with van der Waals surface area (Å²) in [6.45, 7) is 2.57. The number of benzene rings is 1. The average Bonchev–Trinajstić information content (AvgIpc) is 2.54. The molecule has 114 valence electrons. The van der Waals surface area contributed by atoms with Crippen molar-refractivity contribution < 1.29 is 14.3 Å². The third-order valence-corrected chi connectivity index (χ3v) is 3.94. The molecule has 1 aliphatic heterocycles. The van der Waals surface area contributed by atoms with Gasteiger partial charge in [-0.05, 0) is 38.4 Å². The number of nitrogens with zero attached hydrogens (tertiary/aromatic N) is 1. The lowest BCUT2D eigenvalue weighted by Gasteiger charge is -2.37. The molecule has 2 atom stereocenters. The molecule has 1 N–H and O–H groups in total. The number of para-hydroxylation sites is 1. The Kier molecular flexibility index (Phi) is 5.33. The number of likely N-dealkylation sites (tertiary alicyclic amines) is 1. The molecule has 5 nitrogen and oxygen atoms in total. The molecule has 0 radical (unpaired) electrons. The Morgan fingerprint density at radius 1 is 1.29 bits per heavy atom. The van der Waals surface area contributed by atoms with Crippen LogP contribution in [0.2, 0.25) is 0 Å². The van der Waals surface area contributed by atoms with Crippen molar-refractivity contribution in [2.24, 2.45) is 0 Å². The van der Waals surface area contributed by atoms with Crippen LogP contribution in [0.3, 0.4) is 0 Å². The van der Waals surface area contributed by atoms with Crippen molar-refractivity contribution in [1.29, 1.82) is 0 Å². The minimum Gasteiger partial charge on any atom is -0.468 e. The van der Waals surface area contributed by atoms with E-state index in [1.165, 1.54) is 7.11 Å². The summed E-state index contributed by atoms with van der Waals surface area (Å²) in [7, 11) is 1.39. The monoisotopic (exact) mass is 290 g/mol. The number of rotatable bonds is 4. The van der Waals surface area contributed by atoms with E-state index in [9.17, 15) is 9.59 Å². The third kappa shape index (κ3) is 3.82. The van der Waals surface area contributed by atoms with E-state index >= 15 is 0 Å². The van der Waals surface area contributed by atoms with Gasteiger partial charge in [0, 0.05) is 5.69 Å². The number of anilines is 1. The van der Waals surface area contributed by atoms with Crippen LogP contribution in [0, 0.1) is 0 Å². The van der Waals surface area contributed by atoms with Crippen molar-refractivity contribution in [3.8, 4) is 0 Å². The van der Waals surface area contributed by atoms with Crippen LogP contribution in [0.25, 0.3) is 0 Å². The molecule has 2 rings (SSSR count). The van der Waals surface area contributed by atoms with Crippen LogP contribution in [0.1, 0.15) is 26.2 Å². The second-order valence-corrected chi connectivity index (χ2v) is 5.30. The topological polar surface area (TPSA) is 58.6 Å². The quantitative estimate of drug-likeness (QED) is 0.862. The number of ether oxygens (including phenoxy) is 1. The molecule has 1 fully saturated rings. The Morgan fingerprint density at radius 3 is 2.67 bits per heavy atom. The molecule has 0 saturated carbocycles. The van der Waals surface area contributed by atoms with Crippen molar-refractivity contribution >= 4 is 17.6 Å². The van der Waals surface area contributed by atoms with Gasteiger partial charge in [-0.2, -0.15) is 0 Å². The highest BCUT2D eigenvalue weighted by atomic mass is 16.5. The van der Waals surface area contributed by atoms with Crippen LogP contribution in [0.4, 0.5) is 5.69 Å². The van der Waals surface area contributed by atoms with Crippen LogP contribution < -0.4 is 5.32 Å². The molecule has 0 bridgehead atoms. The fourth-order valence-electron chi connectivity index (χ4n) is 2.73.